The van der Waals surface area contributed by atoms with Gasteiger partial charge in [-0.1, -0.05) is 147 Å². The Bertz CT molecular complexity index is 2670. The highest BCUT2D eigenvalue weighted by Crippen LogP contribution is 2.58. The number of benzene rings is 8. The average molecular weight is 672 g/mol. The summed E-state index contributed by atoms with van der Waals surface area (Å²) in [5.41, 5.74) is 10.7. The van der Waals surface area contributed by atoms with E-state index in [1.54, 1.807) is 0 Å². The second kappa shape index (κ2) is 11.9. The van der Waals surface area contributed by atoms with Crippen LogP contribution in [-0.2, 0) is 18.5 Å². The first-order valence-electron chi connectivity index (χ1n) is 18.1. The molecule has 0 aromatic heterocycles. The van der Waals surface area contributed by atoms with Crippen LogP contribution in [0.1, 0.15) is 36.1 Å². The number of anilines is 1. The highest BCUT2D eigenvalue weighted by atomic mass is 16.6. The van der Waals surface area contributed by atoms with Gasteiger partial charge in [-0.2, -0.15) is 0 Å². The fourth-order valence-electron chi connectivity index (χ4n) is 8.40. The molecule has 1 heterocycles. The van der Waals surface area contributed by atoms with Crippen molar-refractivity contribution in [3.63, 3.8) is 0 Å². The Morgan fingerprint density at radius 1 is 0.481 bits per heavy atom. The molecule has 2 aliphatic rings. The van der Waals surface area contributed by atoms with Crippen LogP contribution in [0.4, 0.5) is 5.69 Å². The van der Waals surface area contributed by atoms with Gasteiger partial charge in [0.15, 0.2) is 23.0 Å². The van der Waals surface area contributed by atoms with Crippen molar-refractivity contribution in [2.24, 2.45) is 0 Å². The van der Waals surface area contributed by atoms with Crippen molar-refractivity contribution in [2.45, 2.75) is 32.4 Å². The minimum atomic E-state index is -0.119. The molecule has 1 aliphatic carbocycles. The van der Waals surface area contributed by atoms with Crippen LogP contribution in [0.15, 0.2) is 164 Å². The second-order valence-electron chi connectivity index (χ2n) is 14.6. The molecule has 0 amide bonds. The number of para-hydroxylation sites is 1. The zero-order chi connectivity index (χ0) is 34.8. The zero-order valence-electron chi connectivity index (χ0n) is 29.3. The Hall–Kier alpha value is -6.32. The minimum absolute atomic E-state index is 0.119. The van der Waals surface area contributed by atoms with Gasteiger partial charge in [-0.3, -0.25) is 0 Å². The molecule has 0 bridgehead atoms. The Morgan fingerprint density at radius 2 is 1.19 bits per heavy atom. The van der Waals surface area contributed by atoms with Crippen molar-refractivity contribution in [3.8, 4) is 45.3 Å². The second-order valence-corrected chi connectivity index (χ2v) is 14.6. The van der Waals surface area contributed by atoms with Crippen LogP contribution >= 0.6 is 0 Å². The number of ether oxygens (including phenoxy) is 2. The summed E-state index contributed by atoms with van der Waals surface area (Å²) in [5.74, 6) is 3.00. The largest absolute Gasteiger partial charge is 0.449 e. The van der Waals surface area contributed by atoms with Crippen LogP contribution in [0.5, 0.6) is 23.0 Å². The van der Waals surface area contributed by atoms with E-state index in [1.165, 1.54) is 55.0 Å². The van der Waals surface area contributed by atoms with E-state index in [9.17, 15) is 0 Å². The van der Waals surface area contributed by atoms with E-state index in [2.05, 4.69) is 176 Å². The maximum atomic E-state index is 6.86. The highest BCUT2D eigenvalue weighted by molar-refractivity contribution is 6.07. The van der Waals surface area contributed by atoms with E-state index in [1.807, 2.05) is 6.07 Å². The van der Waals surface area contributed by atoms with E-state index in [4.69, 9.17) is 9.47 Å². The molecule has 250 valence electrons. The van der Waals surface area contributed by atoms with Crippen LogP contribution in [0.25, 0.3) is 43.8 Å². The molecule has 0 saturated carbocycles. The van der Waals surface area contributed by atoms with Gasteiger partial charge in [0.05, 0.1) is 0 Å². The lowest BCUT2D eigenvalue weighted by molar-refractivity contribution is 0.360. The van der Waals surface area contributed by atoms with Crippen molar-refractivity contribution in [2.75, 3.05) is 4.90 Å². The molecule has 3 heteroatoms. The maximum Gasteiger partial charge on any atom is 0.178 e. The molecule has 3 nitrogen and oxygen atoms in total. The minimum Gasteiger partial charge on any atom is -0.449 e. The van der Waals surface area contributed by atoms with Crippen LogP contribution < -0.4 is 14.4 Å². The van der Waals surface area contributed by atoms with E-state index >= 15 is 0 Å². The number of fused-ring (bicyclic) bond motifs is 9. The molecule has 0 spiro atoms. The third-order valence-corrected chi connectivity index (χ3v) is 11.0. The summed E-state index contributed by atoms with van der Waals surface area (Å²) in [6, 6.07) is 58.8. The number of hydrogen-bond donors (Lipinski definition) is 0. The van der Waals surface area contributed by atoms with Crippen LogP contribution in [0.2, 0.25) is 0 Å². The molecule has 52 heavy (non-hydrogen) atoms. The number of nitrogens with zero attached hydrogens (tertiary/aromatic N) is 1. The summed E-state index contributed by atoms with van der Waals surface area (Å²) >= 11 is 0. The van der Waals surface area contributed by atoms with Crippen molar-refractivity contribution in [1.29, 1.82) is 0 Å². The van der Waals surface area contributed by atoms with E-state index in [0.717, 1.165) is 52.8 Å². The molecule has 8 aromatic rings. The summed E-state index contributed by atoms with van der Waals surface area (Å²) in [7, 11) is 0. The summed E-state index contributed by atoms with van der Waals surface area (Å²) in [4.78, 5) is 2.49. The molecule has 0 unspecified atom stereocenters. The van der Waals surface area contributed by atoms with Gasteiger partial charge < -0.3 is 14.4 Å². The van der Waals surface area contributed by atoms with Crippen molar-refractivity contribution in [1.82, 2.24) is 0 Å². The van der Waals surface area contributed by atoms with Gasteiger partial charge in [0.2, 0.25) is 0 Å². The summed E-state index contributed by atoms with van der Waals surface area (Å²) in [6.45, 7) is 6.11. The van der Waals surface area contributed by atoms with E-state index in [0.29, 0.717) is 0 Å². The van der Waals surface area contributed by atoms with Crippen LogP contribution in [0, 0.1) is 0 Å². The first-order valence-corrected chi connectivity index (χ1v) is 18.1. The lowest BCUT2D eigenvalue weighted by Gasteiger charge is -2.29. The van der Waals surface area contributed by atoms with Gasteiger partial charge in [-0.25, -0.2) is 0 Å². The quantitative estimate of drug-likeness (QED) is 0.164. The summed E-state index contributed by atoms with van der Waals surface area (Å²) in [6.07, 6.45) is 0. The molecule has 0 N–H and O–H groups in total. The van der Waals surface area contributed by atoms with Gasteiger partial charge in [0.25, 0.3) is 0 Å². The third-order valence-electron chi connectivity index (χ3n) is 11.0. The van der Waals surface area contributed by atoms with Crippen LogP contribution in [0.3, 0.4) is 0 Å². The highest BCUT2D eigenvalue weighted by Gasteiger charge is 2.39. The SMILES string of the molecule is CC1(C)c2ccccc2-c2c1ccc1c2Oc2cc(-c3ccccc3N(Cc3ccccc3)Cc3ccc4c(ccc5ccccc54)c3)ccc2O1. The topological polar surface area (TPSA) is 21.7 Å². The normalized spacial score (nSPS) is 13.4. The predicted molar refractivity (Wildman–Crippen MR) is 214 cm³/mol. The van der Waals surface area contributed by atoms with Gasteiger partial charge in [0.1, 0.15) is 0 Å². The Kier molecular flexibility index (Phi) is 6.97. The first kappa shape index (κ1) is 30.5. The molecule has 0 fully saturated rings. The molecule has 10 rings (SSSR count). The standard InChI is InChI=1S/C49H37NO2/c1-49(2)41-18-10-8-17-40(41)47-42(49)25-27-45-48(47)52-46-29-36(23-26-44(46)51-45)39-16-9-11-19-43(39)50(30-32-12-4-3-5-13-32)31-33-20-24-38-35(28-33)22-21-34-14-6-7-15-37(34)38/h3-29H,30-31H2,1-2H3. The number of hydrogen-bond acceptors (Lipinski definition) is 3. The zero-order valence-corrected chi connectivity index (χ0v) is 29.3. The smallest absolute Gasteiger partial charge is 0.178 e. The van der Waals surface area contributed by atoms with Gasteiger partial charge in [0, 0.05) is 35.3 Å². The Labute approximate surface area is 304 Å². The van der Waals surface area contributed by atoms with Gasteiger partial charge >= 0.3 is 0 Å². The molecular weight excluding hydrogens is 635 g/mol. The van der Waals surface area contributed by atoms with Crippen LogP contribution in [-0.4, -0.2) is 0 Å². The average Bonchev–Trinajstić information content (AvgIpc) is 3.43. The number of rotatable bonds is 6. The maximum absolute atomic E-state index is 6.86. The Morgan fingerprint density at radius 3 is 2.10 bits per heavy atom. The van der Waals surface area contributed by atoms with Crippen molar-refractivity contribution >= 4 is 27.2 Å². The third kappa shape index (κ3) is 4.96. The first-order chi connectivity index (χ1) is 25.5. The van der Waals surface area contributed by atoms with Gasteiger partial charge in [-0.05, 0) is 85.3 Å². The Balaban J connectivity index is 1.04. The molecule has 1 aliphatic heterocycles. The van der Waals surface area contributed by atoms with Crippen molar-refractivity contribution in [3.05, 3.63) is 186 Å². The van der Waals surface area contributed by atoms with E-state index < -0.39 is 0 Å². The lowest BCUT2D eigenvalue weighted by atomic mass is 9.82. The van der Waals surface area contributed by atoms with E-state index in [-0.39, 0.29) is 5.41 Å². The summed E-state index contributed by atoms with van der Waals surface area (Å²) in [5, 5.41) is 5.10. The predicted octanol–water partition coefficient (Wildman–Crippen LogP) is 13.1. The van der Waals surface area contributed by atoms with Gasteiger partial charge in [-0.15, -0.1) is 0 Å². The van der Waals surface area contributed by atoms with Crippen molar-refractivity contribution < 1.29 is 9.47 Å². The molecule has 0 saturated heterocycles. The molecule has 0 radical (unpaired) electrons. The molecule has 8 aromatic carbocycles. The summed E-state index contributed by atoms with van der Waals surface area (Å²) < 4.78 is 13.4. The molecular formula is C49H37NO2. The monoisotopic (exact) mass is 671 g/mol. The molecule has 0 atom stereocenters. The fraction of sp³-hybridized carbons (Fsp3) is 0.102. The lowest BCUT2D eigenvalue weighted by Crippen LogP contribution is -2.22. The fourth-order valence-corrected chi connectivity index (χ4v) is 8.40.